The van der Waals surface area contributed by atoms with Crippen LogP contribution in [0.2, 0.25) is 0 Å². The minimum Gasteiger partial charge on any atom is -0.481 e. The summed E-state index contributed by atoms with van der Waals surface area (Å²) < 4.78 is 5.05. The van der Waals surface area contributed by atoms with Gasteiger partial charge in [-0.05, 0) is 6.07 Å². The van der Waals surface area contributed by atoms with Crippen LogP contribution in [0.1, 0.15) is 6.92 Å². The van der Waals surface area contributed by atoms with Crippen LogP contribution >= 0.6 is 0 Å². The number of nitrogens with zero attached hydrogens (tertiary/aromatic N) is 2. The summed E-state index contributed by atoms with van der Waals surface area (Å²) in [7, 11) is 1.58. The van der Waals surface area contributed by atoms with Gasteiger partial charge in [0, 0.05) is 37.0 Å². The Morgan fingerprint density at radius 2 is 2.35 bits per heavy atom. The molecule has 5 heteroatoms. The van der Waals surface area contributed by atoms with E-state index in [0.717, 1.165) is 18.8 Å². The lowest BCUT2D eigenvalue weighted by Gasteiger charge is -2.42. The van der Waals surface area contributed by atoms with E-state index in [1.807, 2.05) is 12.1 Å². The van der Waals surface area contributed by atoms with Gasteiger partial charge >= 0.3 is 5.97 Å². The van der Waals surface area contributed by atoms with E-state index in [1.165, 1.54) is 0 Å². The zero-order valence-electron chi connectivity index (χ0n) is 9.96. The van der Waals surface area contributed by atoms with Crippen molar-refractivity contribution in [2.75, 3.05) is 25.1 Å². The number of aliphatic carboxylic acids is 1. The highest BCUT2D eigenvalue weighted by Crippen LogP contribution is 2.30. The quantitative estimate of drug-likeness (QED) is 0.852. The summed E-state index contributed by atoms with van der Waals surface area (Å²) in [6.07, 6.45) is 1.70. The van der Waals surface area contributed by atoms with Crippen molar-refractivity contribution in [2.45, 2.75) is 6.92 Å². The molecule has 1 atom stereocenters. The van der Waals surface area contributed by atoms with Gasteiger partial charge in [0.15, 0.2) is 0 Å². The molecule has 1 saturated heterocycles. The minimum absolute atomic E-state index is 0.228. The molecule has 1 unspecified atom stereocenters. The van der Waals surface area contributed by atoms with Crippen molar-refractivity contribution in [3.05, 3.63) is 18.3 Å². The molecular weight excluding hydrogens is 220 g/mol. The van der Waals surface area contributed by atoms with Crippen LogP contribution in [0, 0.1) is 11.8 Å². The van der Waals surface area contributed by atoms with Gasteiger partial charge in [0.1, 0.15) is 0 Å². The third kappa shape index (κ3) is 2.33. The van der Waals surface area contributed by atoms with Crippen molar-refractivity contribution in [1.82, 2.24) is 4.98 Å². The standard InChI is InChI=1S/C12H16N2O3/c1-8(12(15)16)9-6-14(7-9)10-3-4-13-11(5-10)17-2/h3-5,8-9H,6-7H2,1-2H3,(H,15,16). The largest absolute Gasteiger partial charge is 0.481 e. The average Bonchev–Trinajstić information content (AvgIpc) is 2.27. The lowest BCUT2D eigenvalue weighted by molar-refractivity contribution is -0.143. The Hall–Kier alpha value is -1.78. The molecule has 2 rings (SSSR count). The Kier molecular flexibility index (Phi) is 3.17. The molecule has 0 bridgehead atoms. The number of hydrogen-bond donors (Lipinski definition) is 1. The van der Waals surface area contributed by atoms with Crippen molar-refractivity contribution in [1.29, 1.82) is 0 Å². The van der Waals surface area contributed by atoms with Crippen LogP contribution in [0.25, 0.3) is 0 Å². The number of carbonyl (C=O) groups is 1. The molecule has 0 amide bonds. The Morgan fingerprint density at radius 3 is 2.94 bits per heavy atom. The summed E-state index contributed by atoms with van der Waals surface area (Å²) in [6, 6.07) is 3.77. The number of pyridine rings is 1. The number of aromatic nitrogens is 1. The molecule has 0 aromatic carbocycles. The lowest BCUT2D eigenvalue weighted by atomic mass is 9.87. The maximum atomic E-state index is 10.8. The first-order valence-electron chi connectivity index (χ1n) is 5.59. The van der Waals surface area contributed by atoms with Gasteiger partial charge < -0.3 is 14.7 Å². The van der Waals surface area contributed by atoms with Crippen LogP contribution < -0.4 is 9.64 Å². The summed E-state index contributed by atoms with van der Waals surface area (Å²) in [5.41, 5.74) is 1.03. The zero-order valence-corrected chi connectivity index (χ0v) is 9.96. The molecular formula is C12H16N2O3. The minimum atomic E-state index is -0.720. The fraction of sp³-hybridized carbons (Fsp3) is 0.500. The summed E-state index contributed by atoms with van der Waals surface area (Å²) in [4.78, 5) is 17.0. The maximum absolute atomic E-state index is 10.8. The first kappa shape index (κ1) is 11.7. The Morgan fingerprint density at radius 1 is 1.65 bits per heavy atom. The molecule has 1 fully saturated rings. The van der Waals surface area contributed by atoms with E-state index in [2.05, 4.69) is 9.88 Å². The van der Waals surface area contributed by atoms with Crippen LogP contribution in [-0.4, -0.2) is 36.3 Å². The predicted molar refractivity (Wildman–Crippen MR) is 63.3 cm³/mol. The Balaban J connectivity index is 1.97. The molecule has 92 valence electrons. The molecule has 1 N–H and O–H groups in total. The highest BCUT2D eigenvalue weighted by atomic mass is 16.5. The van der Waals surface area contributed by atoms with Crippen molar-refractivity contribution >= 4 is 11.7 Å². The number of carboxylic acids is 1. The highest BCUT2D eigenvalue weighted by molar-refractivity contribution is 5.70. The van der Waals surface area contributed by atoms with Crippen LogP contribution in [0.3, 0.4) is 0 Å². The molecule has 0 spiro atoms. The van der Waals surface area contributed by atoms with Crippen molar-refractivity contribution < 1.29 is 14.6 Å². The van der Waals surface area contributed by atoms with Gasteiger partial charge in [-0.1, -0.05) is 6.92 Å². The number of carboxylic acid groups (broad SMARTS) is 1. The second-order valence-electron chi connectivity index (χ2n) is 4.35. The molecule has 1 aliphatic rings. The van der Waals surface area contributed by atoms with E-state index in [9.17, 15) is 4.79 Å². The molecule has 1 aliphatic heterocycles. The van der Waals surface area contributed by atoms with Crippen LogP contribution in [-0.2, 0) is 4.79 Å². The topological polar surface area (TPSA) is 62.7 Å². The summed E-state index contributed by atoms with van der Waals surface area (Å²) in [6.45, 7) is 3.32. The van der Waals surface area contributed by atoms with Crippen molar-refractivity contribution in [3.8, 4) is 5.88 Å². The summed E-state index contributed by atoms with van der Waals surface area (Å²) >= 11 is 0. The normalized spacial score (nSPS) is 17.4. The van der Waals surface area contributed by atoms with E-state index in [-0.39, 0.29) is 11.8 Å². The third-order valence-corrected chi connectivity index (χ3v) is 3.30. The van der Waals surface area contributed by atoms with Crippen LogP contribution in [0.5, 0.6) is 5.88 Å². The average molecular weight is 236 g/mol. The van der Waals surface area contributed by atoms with E-state index >= 15 is 0 Å². The smallest absolute Gasteiger partial charge is 0.306 e. The van der Waals surface area contributed by atoms with Crippen molar-refractivity contribution in [2.24, 2.45) is 11.8 Å². The lowest BCUT2D eigenvalue weighted by Crippen LogP contribution is -2.51. The molecule has 1 aromatic heterocycles. The van der Waals surface area contributed by atoms with Gasteiger partial charge in [-0.15, -0.1) is 0 Å². The molecule has 2 heterocycles. The van der Waals surface area contributed by atoms with Gasteiger partial charge in [-0.3, -0.25) is 4.79 Å². The maximum Gasteiger partial charge on any atom is 0.306 e. The second-order valence-corrected chi connectivity index (χ2v) is 4.35. The molecule has 0 aliphatic carbocycles. The number of ether oxygens (including phenoxy) is 1. The van der Waals surface area contributed by atoms with Crippen LogP contribution in [0.4, 0.5) is 5.69 Å². The highest BCUT2D eigenvalue weighted by Gasteiger charge is 2.34. The number of hydrogen-bond acceptors (Lipinski definition) is 4. The number of anilines is 1. The van der Waals surface area contributed by atoms with Crippen LogP contribution in [0.15, 0.2) is 18.3 Å². The zero-order chi connectivity index (χ0) is 12.4. The molecule has 1 aromatic rings. The fourth-order valence-electron chi connectivity index (χ4n) is 1.95. The van der Waals surface area contributed by atoms with E-state index in [1.54, 1.807) is 20.2 Å². The van der Waals surface area contributed by atoms with Gasteiger partial charge in [0.2, 0.25) is 5.88 Å². The summed E-state index contributed by atoms with van der Waals surface area (Å²) in [5, 5.41) is 8.91. The molecule has 0 radical (unpaired) electrons. The molecule has 5 nitrogen and oxygen atoms in total. The van der Waals surface area contributed by atoms with Gasteiger partial charge in [0.05, 0.1) is 13.0 Å². The molecule has 17 heavy (non-hydrogen) atoms. The monoisotopic (exact) mass is 236 g/mol. The first-order valence-corrected chi connectivity index (χ1v) is 5.59. The van der Waals surface area contributed by atoms with E-state index in [4.69, 9.17) is 9.84 Å². The number of methoxy groups -OCH3 is 1. The van der Waals surface area contributed by atoms with Gasteiger partial charge in [-0.25, -0.2) is 4.98 Å². The van der Waals surface area contributed by atoms with Crippen molar-refractivity contribution in [3.63, 3.8) is 0 Å². The predicted octanol–water partition coefficient (Wildman–Crippen LogP) is 1.25. The van der Waals surface area contributed by atoms with Gasteiger partial charge in [-0.2, -0.15) is 0 Å². The van der Waals surface area contributed by atoms with E-state index in [0.29, 0.717) is 5.88 Å². The fourth-order valence-corrected chi connectivity index (χ4v) is 1.95. The van der Waals surface area contributed by atoms with Gasteiger partial charge in [0.25, 0.3) is 0 Å². The van der Waals surface area contributed by atoms with E-state index < -0.39 is 5.97 Å². The third-order valence-electron chi connectivity index (χ3n) is 3.30. The first-order chi connectivity index (χ1) is 8.11. The molecule has 0 saturated carbocycles. The Bertz CT molecular complexity index is 416. The number of rotatable bonds is 4. The second kappa shape index (κ2) is 4.61. The summed E-state index contributed by atoms with van der Waals surface area (Å²) in [5.74, 6) is -0.194. The Labute approximate surface area is 100 Å². The SMILES string of the molecule is COc1cc(N2CC(C(C)C(=O)O)C2)ccn1.